The van der Waals surface area contributed by atoms with E-state index in [1.807, 2.05) is 0 Å². The zero-order valence-electron chi connectivity index (χ0n) is 9.22. The molecule has 1 aromatic rings. The molecule has 1 saturated carbocycles. The number of halogens is 2. The third kappa shape index (κ3) is 1.64. The molecule has 0 aromatic heterocycles. The molecule has 16 heavy (non-hydrogen) atoms. The van der Waals surface area contributed by atoms with E-state index in [9.17, 15) is 8.78 Å². The van der Waals surface area contributed by atoms with Crippen molar-refractivity contribution in [1.82, 2.24) is 0 Å². The van der Waals surface area contributed by atoms with Crippen LogP contribution in [0.3, 0.4) is 0 Å². The fourth-order valence-corrected chi connectivity index (χ4v) is 2.87. The Morgan fingerprint density at radius 3 is 2.50 bits per heavy atom. The van der Waals surface area contributed by atoms with E-state index in [0.717, 1.165) is 31.0 Å². The van der Waals surface area contributed by atoms with E-state index in [0.29, 0.717) is 12.1 Å². The number of hydrogen-bond acceptors (Lipinski definition) is 2. The minimum atomic E-state index is -0.486. The van der Waals surface area contributed by atoms with Crippen molar-refractivity contribution >= 4 is 11.8 Å². The van der Waals surface area contributed by atoms with Crippen LogP contribution < -0.4 is 5.73 Å². The molecule has 1 aliphatic rings. The van der Waals surface area contributed by atoms with Gasteiger partial charge >= 0.3 is 0 Å². The summed E-state index contributed by atoms with van der Waals surface area (Å²) < 4.78 is 27.5. The van der Waals surface area contributed by atoms with E-state index in [1.54, 1.807) is 12.3 Å². The number of hydrogen-bond donors (Lipinski definition) is 1. The van der Waals surface area contributed by atoms with Crippen LogP contribution in [0, 0.1) is 11.6 Å². The molecular formula is C12H15F2NS. The second kappa shape index (κ2) is 4.34. The Morgan fingerprint density at radius 1 is 1.38 bits per heavy atom. The zero-order chi connectivity index (χ0) is 11.8. The van der Waals surface area contributed by atoms with Crippen LogP contribution in [-0.2, 0) is 5.41 Å². The third-order valence-electron chi connectivity index (χ3n) is 3.53. The summed E-state index contributed by atoms with van der Waals surface area (Å²) in [6.45, 7) is 0.434. The van der Waals surface area contributed by atoms with Gasteiger partial charge in [-0.2, -0.15) is 0 Å². The van der Waals surface area contributed by atoms with Gasteiger partial charge in [-0.3, -0.25) is 0 Å². The molecule has 0 bridgehead atoms. The molecule has 0 unspecified atom stereocenters. The Hall–Kier alpha value is -0.610. The van der Waals surface area contributed by atoms with Gasteiger partial charge in [0, 0.05) is 12.0 Å². The van der Waals surface area contributed by atoms with E-state index >= 15 is 0 Å². The Morgan fingerprint density at radius 2 is 2.06 bits per heavy atom. The van der Waals surface area contributed by atoms with Crippen molar-refractivity contribution in [2.45, 2.75) is 29.6 Å². The molecule has 1 aromatic carbocycles. The number of rotatable bonds is 3. The maximum absolute atomic E-state index is 14.1. The molecule has 0 aliphatic heterocycles. The highest BCUT2D eigenvalue weighted by atomic mass is 32.2. The van der Waals surface area contributed by atoms with E-state index in [4.69, 9.17) is 5.73 Å². The predicted molar refractivity (Wildman–Crippen MR) is 62.7 cm³/mol. The van der Waals surface area contributed by atoms with Gasteiger partial charge in [-0.25, -0.2) is 8.78 Å². The molecule has 0 atom stereocenters. The third-order valence-corrected chi connectivity index (χ3v) is 4.31. The van der Waals surface area contributed by atoms with Crippen molar-refractivity contribution in [3.63, 3.8) is 0 Å². The summed E-state index contributed by atoms with van der Waals surface area (Å²) in [7, 11) is 0. The SMILES string of the molecule is CSc1c(F)ccc(C2(CN)CCC2)c1F. The quantitative estimate of drug-likeness (QED) is 0.826. The first kappa shape index (κ1) is 11.9. The van der Waals surface area contributed by atoms with Crippen molar-refractivity contribution in [2.24, 2.45) is 5.73 Å². The first-order valence-electron chi connectivity index (χ1n) is 5.37. The second-order valence-electron chi connectivity index (χ2n) is 4.28. The van der Waals surface area contributed by atoms with Gasteiger partial charge in [0.25, 0.3) is 0 Å². The average molecular weight is 243 g/mol. The zero-order valence-corrected chi connectivity index (χ0v) is 10.0. The lowest BCUT2D eigenvalue weighted by Crippen LogP contribution is -2.42. The molecule has 0 saturated heterocycles. The maximum atomic E-state index is 14.1. The average Bonchev–Trinajstić information content (AvgIpc) is 2.21. The lowest BCUT2D eigenvalue weighted by molar-refractivity contribution is 0.242. The highest BCUT2D eigenvalue weighted by molar-refractivity contribution is 7.98. The molecular weight excluding hydrogens is 228 g/mol. The van der Waals surface area contributed by atoms with Gasteiger partial charge in [0.1, 0.15) is 11.6 Å². The molecule has 4 heteroatoms. The van der Waals surface area contributed by atoms with Crippen molar-refractivity contribution in [1.29, 1.82) is 0 Å². The summed E-state index contributed by atoms with van der Waals surface area (Å²) >= 11 is 1.11. The summed E-state index contributed by atoms with van der Waals surface area (Å²) in [6.07, 6.45) is 4.56. The van der Waals surface area contributed by atoms with Crippen LogP contribution in [0.15, 0.2) is 17.0 Å². The summed E-state index contributed by atoms with van der Waals surface area (Å²) in [4.78, 5) is 0.109. The highest BCUT2D eigenvalue weighted by Crippen LogP contribution is 2.45. The minimum absolute atomic E-state index is 0.109. The molecule has 88 valence electrons. The van der Waals surface area contributed by atoms with Gasteiger partial charge in [-0.05, 0) is 30.7 Å². The molecule has 2 N–H and O–H groups in total. The van der Waals surface area contributed by atoms with E-state index in [-0.39, 0.29) is 10.3 Å². The van der Waals surface area contributed by atoms with Crippen molar-refractivity contribution < 1.29 is 8.78 Å². The van der Waals surface area contributed by atoms with Crippen LogP contribution in [-0.4, -0.2) is 12.8 Å². The lowest BCUT2D eigenvalue weighted by Gasteiger charge is -2.41. The molecule has 2 rings (SSSR count). The standard InChI is InChI=1S/C12H15F2NS/c1-16-11-9(13)4-3-8(10(11)14)12(7-15)5-2-6-12/h3-4H,2,5-7,15H2,1H3. The maximum Gasteiger partial charge on any atom is 0.143 e. The van der Waals surface area contributed by atoms with Gasteiger partial charge in [0.15, 0.2) is 0 Å². The summed E-state index contributed by atoms with van der Waals surface area (Å²) in [5.74, 6) is -0.905. The molecule has 0 heterocycles. The van der Waals surface area contributed by atoms with Gasteiger partial charge in [0.2, 0.25) is 0 Å². The Kier molecular flexibility index (Phi) is 3.22. The number of nitrogens with two attached hydrogens (primary N) is 1. The van der Waals surface area contributed by atoms with Crippen LogP contribution in [0.25, 0.3) is 0 Å². The van der Waals surface area contributed by atoms with E-state index in [1.165, 1.54) is 6.07 Å². The van der Waals surface area contributed by atoms with Crippen molar-refractivity contribution in [2.75, 3.05) is 12.8 Å². The Bertz CT molecular complexity index is 397. The van der Waals surface area contributed by atoms with Crippen LogP contribution in [0.2, 0.25) is 0 Å². The topological polar surface area (TPSA) is 26.0 Å². The fourth-order valence-electron chi connectivity index (χ4n) is 2.32. The van der Waals surface area contributed by atoms with Crippen molar-refractivity contribution in [3.8, 4) is 0 Å². The molecule has 1 nitrogen and oxygen atoms in total. The van der Waals surface area contributed by atoms with E-state index in [2.05, 4.69) is 0 Å². The normalized spacial score (nSPS) is 18.2. The number of benzene rings is 1. The smallest absolute Gasteiger partial charge is 0.143 e. The Labute approximate surface area is 98.4 Å². The van der Waals surface area contributed by atoms with E-state index < -0.39 is 11.6 Å². The molecule has 1 fully saturated rings. The monoisotopic (exact) mass is 243 g/mol. The van der Waals surface area contributed by atoms with Crippen LogP contribution >= 0.6 is 11.8 Å². The Balaban J connectivity index is 2.49. The van der Waals surface area contributed by atoms with Gasteiger partial charge < -0.3 is 5.73 Å². The van der Waals surface area contributed by atoms with Crippen LogP contribution in [0.1, 0.15) is 24.8 Å². The number of thioether (sulfide) groups is 1. The minimum Gasteiger partial charge on any atom is -0.330 e. The van der Waals surface area contributed by atoms with Gasteiger partial charge in [0.05, 0.1) is 4.90 Å². The first-order chi connectivity index (χ1) is 7.64. The predicted octanol–water partition coefficient (Wildman–Crippen LogP) is 3.07. The summed E-state index contributed by atoms with van der Waals surface area (Å²) in [5, 5.41) is 0. The van der Waals surface area contributed by atoms with Gasteiger partial charge in [-0.1, -0.05) is 12.5 Å². The summed E-state index contributed by atoms with van der Waals surface area (Å²) in [6, 6.07) is 2.90. The largest absolute Gasteiger partial charge is 0.330 e. The van der Waals surface area contributed by atoms with Gasteiger partial charge in [-0.15, -0.1) is 11.8 Å². The highest BCUT2D eigenvalue weighted by Gasteiger charge is 2.40. The summed E-state index contributed by atoms with van der Waals surface area (Å²) in [5.41, 5.74) is 6.07. The van der Waals surface area contributed by atoms with Crippen LogP contribution in [0.4, 0.5) is 8.78 Å². The molecule has 0 radical (unpaired) electrons. The second-order valence-corrected chi connectivity index (χ2v) is 5.10. The molecule has 0 amide bonds. The fraction of sp³-hybridized carbons (Fsp3) is 0.500. The van der Waals surface area contributed by atoms with Crippen LogP contribution in [0.5, 0.6) is 0 Å². The molecule has 1 aliphatic carbocycles. The van der Waals surface area contributed by atoms with Crippen molar-refractivity contribution in [3.05, 3.63) is 29.3 Å². The molecule has 0 spiro atoms. The first-order valence-corrected chi connectivity index (χ1v) is 6.59. The lowest BCUT2D eigenvalue weighted by atomic mass is 9.64.